The first-order valence-corrected chi connectivity index (χ1v) is 11.7. The van der Waals surface area contributed by atoms with E-state index in [1.807, 2.05) is 6.92 Å². The van der Waals surface area contributed by atoms with Crippen molar-refractivity contribution in [2.45, 2.75) is 45.6 Å². The highest BCUT2D eigenvalue weighted by molar-refractivity contribution is 8.67. The number of rotatable bonds is 9. The van der Waals surface area contributed by atoms with E-state index < -0.39 is 5.69 Å². The van der Waals surface area contributed by atoms with Crippen LogP contribution in [0.15, 0.2) is 6.07 Å². The van der Waals surface area contributed by atoms with Gasteiger partial charge in [0.15, 0.2) is 0 Å². The SMILES string of the molecule is CCCS[P@@](=S)(OCC)OCc1cc(Cl)nc(C2CC2)n1. The molecule has 0 spiro atoms. The Labute approximate surface area is 140 Å². The standard InChI is InChI=1S/C13H20ClN2O2PS2/c1-3-7-21-19(20,17-4-2)18-9-11-8-12(14)16-13(15-11)10-5-6-10/h8,10H,3-7,9H2,1-2H3/t19-/m0/s1. The fourth-order valence-corrected chi connectivity index (χ4v) is 6.43. The number of hydrogen-bond acceptors (Lipinski definition) is 6. The largest absolute Gasteiger partial charge is 0.322 e. The van der Waals surface area contributed by atoms with Crippen LogP contribution in [0.4, 0.5) is 0 Å². The van der Waals surface area contributed by atoms with Crippen molar-refractivity contribution in [2.24, 2.45) is 0 Å². The maximum absolute atomic E-state index is 6.06. The van der Waals surface area contributed by atoms with Crippen LogP contribution in [-0.2, 0) is 27.5 Å². The van der Waals surface area contributed by atoms with E-state index in [2.05, 4.69) is 16.9 Å². The van der Waals surface area contributed by atoms with Gasteiger partial charge in [-0.25, -0.2) is 9.97 Å². The maximum Gasteiger partial charge on any atom is 0.247 e. The third-order valence-electron chi connectivity index (χ3n) is 2.82. The molecule has 0 saturated heterocycles. The summed E-state index contributed by atoms with van der Waals surface area (Å²) in [4.78, 5) is 8.80. The van der Waals surface area contributed by atoms with Gasteiger partial charge in [0.2, 0.25) is 5.69 Å². The second kappa shape index (κ2) is 8.23. The molecule has 0 amide bonds. The van der Waals surface area contributed by atoms with Crippen LogP contribution < -0.4 is 0 Å². The Morgan fingerprint density at radius 1 is 1.38 bits per heavy atom. The fraction of sp³-hybridized carbons (Fsp3) is 0.692. The topological polar surface area (TPSA) is 44.2 Å². The lowest BCUT2D eigenvalue weighted by Gasteiger charge is -2.20. The highest BCUT2D eigenvalue weighted by Gasteiger charge is 2.27. The summed E-state index contributed by atoms with van der Waals surface area (Å²) in [5, 5.41) is 0.469. The maximum atomic E-state index is 6.06. The third kappa shape index (κ3) is 5.77. The van der Waals surface area contributed by atoms with E-state index >= 15 is 0 Å². The number of hydrogen-bond donors (Lipinski definition) is 0. The molecule has 0 radical (unpaired) electrons. The molecule has 0 aliphatic heterocycles. The van der Waals surface area contributed by atoms with Gasteiger partial charge in [-0.3, -0.25) is 0 Å². The first-order chi connectivity index (χ1) is 10.1. The van der Waals surface area contributed by atoms with Gasteiger partial charge in [-0.2, -0.15) is 0 Å². The minimum atomic E-state index is -2.29. The molecule has 1 aromatic rings. The van der Waals surface area contributed by atoms with E-state index in [-0.39, 0.29) is 0 Å². The van der Waals surface area contributed by atoms with Gasteiger partial charge < -0.3 is 9.05 Å². The molecule has 1 aliphatic carbocycles. The molecule has 1 aromatic heterocycles. The van der Waals surface area contributed by atoms with Crippen LogP contribution in [0.25, 0.3) is 0 Å². The molecule has 1 heterocycles. The molecule has 2 rings (SSSR count). The van der Waals surface area contributed by atoms with Crippen molar-refractivity contribution in [1.82, 2.24) is 9.97 Å². The summed E-state index contributed by atoms with van der Waals surface area (Å²) < 4.78 is 11.5. The Morgan fingerprint density at radius 2 is 2.14 bits per heavy atom. The van der Waals surface area contributed by atoms with E-state index in [1.54, 1.807) is 17.4 Å². The van der Waals surface area contributed by atoms with Crippen LogP contribution in [0.3, 0.4) is 0 Å². The van der Waals surface area contributed by atoms with E-state index in [0.29, 0.717) is 24.3 Å². The van der Waals surface area contributed by atoms with Crippen molar-refractivity contribution in [3.05, 3.63) is 22.7 Å². The van der Waals surface area contributed by atoms with Crippen molar-refractivity contribution in [2.75, 3.05) is 12.4 Å². The molecule has 0 N–H and O–H groups in total. The van der Waals surface area contributed by atoms with Crippen LogP contribution in [0.1, 0.15) is 50.5 Å². The molecule has 1 saturated carbocycles. The van der Waals surface area contributed by atoms with Crippen molar-refractivity contribution in [3.8, 4) is 0 Å². The van der Waals surface area contributed by atoms with E-state index in [4.69, 9.17) is 32.5 Å². The Kier molecular flexibility index (Phi) is 6.91. The van der Waals surface area contributed by atoms with Crippen LogP contribution in [0.2, 0.25) is 5.15 Å². The summed E-state index contributed by atoms with van der Waals surface area (Å²) in [6.45, 7) is 4.94. The predicted octanol–water partition coefficient (Wildman–Crippen LogP) is 4.93. The number of halogens is 1. The predicted molar refractivity (Wildman–Crippen MR) is 92.5 cm³/mol. The third-order valence-corrected chi connectivity index (χ3v) is 8.65. The molecule has 4 nitrogen and oxygen atoms in total. The second-order valence-corrected chi connectivity index (χ2v) is 11.6. The molecule has 21 heavy (non-hydrogen) atoms. The van der Waals surface area contributed by atoms with Crippen LogP contribution in [0, 0.1) is 0 Å². The summed E-state index contributed by atoms with van der Waals surface area (Å²) in [6, 6.07) is 1.74. The zero-order valence-corrected chi connectivity index (χ0v) is 15.5. The van der Waals surface area contributed by atoms with Crippen LogP contribution in [0.5, 0.6) is 0 Å². The summed E-state index contributed by atoms with van der Waals surface area (Å²) >= 11 is 13.2. The van der Waals surface area contributed by atoms with E-state index in [0.717, 1.165) is 36.5 Å². The molecule has 0 unspecified atom stereocenters. The molecule has 1 fully saturated rings. The zero-order chi connectivity index (χ0) is 15.3. The summed E-state index contributed by atoms with van der Waals surface area (Å²) in [5.41, 5.74) is -1.51. The lowest BCUT2D eigenvalue weighted by Crippen LogP contribution is -2.01. The highest BCUT2D eigenvalue weighted by atomic mass is 35.5. The molecular formula is C13H20ClN2O2PS2. The monoisotopic (exact) mass is 366 g/mol. The Bertz CT molecular complexity index is 529. The normalized spacial score (nSPS) is 17.7. The zero-order valence-electron chi connectivity index (χ0n) is 12.2. The van der Waals surface area contributed by atoms with Gasteiger partial charge in [0, 0.05) is 11.7 Å². The van der Waals surface area contributed by atoms with Crippen LogP contribution in [-0.4, -0.2) is 22.3 Å². The smallest absolute Gasteiger partial charge is 0.247 e. The van der Waals surface area contributed by atoms with Gasteiger partial charge in [0.05, 0.1) is 18.9 Å². The van der Waals surface area contributed by atoms with E-state index in [1.165, 1.54) is 0 Å². The lowest BCUT2D eigenvalue weighted by atomic mass is 10.3. The minimum Gasteiger partial charge on any atom is -0.322 e. The Hall–Kier alpha value is 0.290. The number of nitrogens with zero attached hydrogens (tertiary/aromatic N) is 2. The molecule has 118 valence electrons. The van der Waals surface area contributed by atoms with Gasteiger partial charge >= 0.3 is 0 Å². The lowest BCUT2D eigenvalue weighted by molar-refractivity contribution is 0.258. The average Bonchev–Trinajstić information content (AvgIpc) is 3.28. The highest BCUT2D eigenvalue weighted by Crippen LogP contribution is 2.61. The number of aromatic nitrogens is 2. The molecular weight excluding hydrogens is 347 g/mol. The summed E-state index contributed by atoms with van der Waals surface area (Å²) in [5.74, 6) is 2.23. The quantitative estimate of drug-likeness (QED) is 0.456. The fourth-order valence-electron chi connectivity index (χ4n) is 1.70. The minimum absolute atomic E-state index is 0.329. The molecule has 0 aromatic carbocycles. The molecule has 0 bridgehead atoms. The van der Waals surface area contributed by atoms with Gasteiger partial charge in [0.25, 0.3) is 0 Å². The van der Waals surface area contributed by atoms with Gasteiger partial charge in [-0.15, -0.1) is 0 Å². The summed E-state index contributed by atoms with van der Waals surface area (Å²) in [7, 11) is 0. The first-order valence-electron chi connectivity index (χ1n) is 7.13. The molecule has 1 atom stereocenters. The van der Waals surface area contributed by atoms with Gasteiger partial charge in [0.1, 0.15) is 11.0 Å². The van der Waals surface area contributed by atoms with Crippen LogP contribution >= 0.6 is 28.7 Å². The van der Waals surface area contributed by atoms with Crippen molar-refractivity contribution in [1.29, 1.82) is 0 Å². The summed E-state index contributed by atoms with van der Waals surface area (Å²) in [6.07, 6.45) is 3.33. The Balaban J connectivity index is 2.01. The van der Waals surface area contributed by atoms with Crippen molar-refractivity contribution >= 4 is 40.5 Å². The first kappa shape index (κ1) is 17.6. The molecule has 1 aliphatic rings. The van der Waals surface area contributed by atoms with Crippen molar-refractivity contribution in [3.63, 3.8) is 0 Å². The van der Waals surface area contributed by atoms with Crippen molar-refractivity contribution < 1.29 is 9.05 Å². The van der Waals surface area contributed by atoms with E-state index in [9.17, 15) is 0 Å². The molecule has 8 heteroatoms. The average molecular weight is 367 g/mol. The second-order valence-electron chi connectivity index (χ2n) is 4.79. The van der Waals surface area contributed by atoms with Gasteiger partial charge in [-0.1, -0.05) is 29.9 Å². The van der Waals surface area contributed by atoms with Gasteiger partial charge in [-0.05, 0) is 44.1 Å². The Morgan fingerprint density at radius 3 is 2.76 bits per heavy atom.